The maximum absolute atomic E-state index is 5.66. The molecule has 1 aromatic rings. The van der Waals surface area contributed by atoms with Gasteiger partial charge in [0.2, 0.25) is 0 Å². The van der Waals surface area contributed by atoms with E-state index < -0.39 is 0 Å². The van der Waals surface area contributed by atoms with Gasteiger partial charge in [0.05, 0.1) is 0 Å². The molecular formula is C15H24N2. The Labute approximate surface area is 105 Å². The molecule has 17 heavy (non-hydrogen) atoms. The summed E-state index contributed by atoms with van der Waals surface area (Å²) in [6, 6.07) is 9.01. The Balaban J connectivity index is 1.61. The molecule has 1 fully saturated rings. The van der Waals surface area contributed by atoms with Crippen LogP contribution in [-0.4, -0.2) is 12.6 Å². The number of nitrogens with one attached hydrogen (secondary N) is 1. The Morgan fingerprint density at radius 3 is 2.65 bits per heavy atom. The van der Waals surface area contributed by atoms with E-state index in [1.165, 1.54) is 31.2 Å². The number of hydrogen-bond donors (Lipinski definition) is 2. The number of aryl methyl sites for hydroxylation is 1. The van der Waals surface area contributed by atoms with Crippen LogP contribution >= 0.6 is 0 Å². The second-order valence-corrected chi connectivity index (χ2v) is 5.41. The van der Waals surface area contributed by atoms with Crippen LogP contribution in [0.15, 0.2) is 24.3 Å². The van der Waals surface area contributed by atoms with Crippen LogP contribution < -0.4 is 11.1 Å². The minimum Gasteiger partial charge on any atom is -0.399 e. The van der Waals surface area contributed by atoms with Crippen molar-refractivity contribution in [2.45, 2.75) is 45.1 Å². The smallest absolute Gasteiger partial charge is 0.0314 e. The van der Waals surface area contributed by atoms with Crippen LogP contribution in [-0.2, 0) is 6.42 Å². The summed E-state index contributed by atoms with van der Waals surface area (Å²) in [7, 11) is 0. The lowest BCUT2D eigenvalue weighted by atomic mass is 10.1. The van der Waals surface area contributed by atoms with E-state index >= 15 is 0 Å². The van der Waals surface area contributed by atoms with Gasteiger partial charge >= 0.3 is 0 Å². The van der Waals surface area contributed by atoms with E-state index in [4.69, 9.17) is 5.73 Å². The molecule has 94 valence electrons. The third-order valence-electron chi connectivity index (χ3n) is 3.75. The van der Waals surface area contributed by atoms with Gasteiger partial charge in [-0.1, -0.05) is 19.1 Å². The first-order valence-corrected chi connectivity index (χ1v) is 6.82. The summed E-state index contributed by atoms with van der Waals surface area (Å²) in [5.74, 6) is 0.921. The van der Waals surface area contributed by atoms with E-state index in [9.17, 15) is 0 Å². The molecule has 0 heterocycles. The number of anilines is 1. The predicted octanol–water partition coefficient (Wildman–Crippen LogP) is 2.98. The third-order valence-corrected chi connectivity index (χ3v) is 3.75. The van der Waals surface area contributed by atoms with Crippen molar-refractivity contribution in [3.8, 4) is 0 Å². The average molecular weight is 232 g/mol. The summed E-state index contributed by atoms with van der Waals surface area (Å²) >= 11 is 0. The number of nitrogens with two attached hydrogens (primary N) is 1. The molecule has 2 heteroatoms. The Morgan fingerprint density at radius 1 is 1.24 bits per heavy atom. The second kappa shape index (κ2) is 6.06. The van der Waals surface area contributed by atoms with Gasteiger partial charge in [-0.25, -0.2) is 0 Å². The zero-order chi connectivity index (χ0) is 12.1. The first-order valence-electron chi connectivity index (χ1n) is 6.82. The van der Waals surface area contributed by atoms with Gasteiger partial charge in [-0.3, -0.25) is 0 Å². The van der Waals surface area contributed by atoms with Gasteiger partial charge in [-0.15, -0.1) is 0 Å². The number of rotatable bonds is 5. The first-order chi connectivity index (χ1) is 8.24. The Bertz CT molecular complexity index is 331. The SMILES string of the molecule is CC1CCC(NCCCc2ccc(N)cc2)C1. The van der Waals surface area contributed by atoms with Gasteiger partial charge in [0.15, 0.2) is 0 Å². The van der Waals surface area contributed by atoms with Crippen LogP contribution in [0.2, 0.25) is 0 Å². The molecule has 0 radical (unpaired) electrons. The fourth-order valence-corrected chi connectivity index (χ4v) is 2.68. The van der Waals surface area contributed by atoms with Crippen LogP contribution in [0.5, 0.6) is 0 Å². The summed E-state index contributed by atoms with van der Waals surface area (Å²) in [5.41, 5.74) is 7.91. The fourth-order valence-electron chi connectivity index (χ4n) is 2.68. The molecule has 2 unspecified atom stereocenters. The predicted molar refractivity (Wildman–Crippen MR) is 74.0 cm³/mol. The molecular weight excluding hydrogens is 208 g/mol. The molecule has 1 aliphatic rings. The Kier molecular flexibility index (Phi) is 4.43. The quantitative estimate of drug-likeness (QED) is 0.605. The summed E-state index contributed by atoms with van der Waals surface area (Å²) in [5, 5.41) is 3.67. The summed E-state index contributed by atoms with van der Waals surface area (Å²) < 4.78 is 0. The second-order valence-electron chi connectivity index (χ2n) is 5.41. The summed E-state index contributed by atoms with van der Waals surface area (Å²) in [6.45, 7) is 3.50. The minimum absolute atomic E-state index is 0.774. The molecule has 0 bridgehead atoms. The molecule has 1 aromatic carbocycles. The molecule has 0 amide bonds. The molecule has 2 atom stereocenters. The van der Waals surface area contributed by atoms with Crippen molar-refractivity contribution in [2.75, 3.05) is 12.3 Å². The lowest BCUT2D eigenvalue weighted by Gasteiger charge is -2.12. The van der Waals surface area contributed by atoms with Gasteiger partial charge in [-0.2, -0.15) is 0 Å². The third kappa shape index (κ3) is 4.04. The largest absolute Gasteiger partial charge is 0.399 e. The number of benzene rings is 1. The minimum atomic E-state index is 0.774. The van der Waals surface area contributed by atoms with Crippen molar-refractivity contribution in [3.63, 3.8) is 0 Å². The molecule has 2 nitrogen and oxygen atoms in total. The highest BCUT2D eigenvalue weighted by Gasteiger charge is 2.19. The van der Waals surface area contributed by atoms with Crippen molar-refractivity contribution in [2.24, 2.45) is 5.92 Å². The number of nitrogen functional groups attached to an aromatic ring is 1. The Hall–Kier alpha value is -1.02. The van der Waals surface area contributed by atoms with Gasteiger partial charge in [0.25, 0.3) is 0 Å². The lowest BCUT2D eigenvalue weighted by molar-refractivity contribution is 0.496. The van der Waals surface area contributed by atoms with Gasteiger partial charge in [-0.05, 0) is 62.3 Å². The standard InChI is InChI=1S/C15H24N2/c1-12-4-9-15(11-12)17-10-2-3-13-5-7-14(16)8-6-13/h5-8,12,15,17H,2-4,9-11,16H2,1H3. The van der Waals surface area contributed by atoms with Crippen molar-refractivity contribution >= 4 is 5.69 Å². The zero-order valence-electron chi connectivity index (χ0n) is 10.8. The molecule has 1 aliphatic carbocycles. The van der Waals surface area contributed by atoms with Crippen LogP contribution in [0, 0.1) is 5.92 Å². The normalized spacial score (nSPS) is 24.1. The fraction of sp³-hybridized carbons (Fsp3) is 0.600. The van der Waals surface area contributed by atoms with Crippen molar-refractivity contribution in [1.82, 2.24) is 5.32 Å². The van der Waals surface area contributed by atoms with E-state index in [0.717, 1.165) is 30.6 Å². The van der Waals surface area contributed by atoms with E-state index in [-0.39, 0.29) is 0 Å². The summed E-state index contributed by atoms with van der Waals surface area (Å²) in [4.78, 5) is 0. The van der Waals surface area contributed by atoms with Crippen LogP contribution in [0.3, 0.4) is 0 Å². The van der Waals surface area contributed by atoms with Crippen LogP contribution in [0.25, 0.3) is 0 Å². The molecule has 2 rings (SSSR count). The maximum atomic E-state index is 5.66. The highest BCUT2D eigenvalue weighted by molar-refractivity contribution is 5.39. The van der Waals surface area contributed by atoms with E-state index in [1.54, 1.807) is 0 Å². The monoisotopic (exact) mass is 232 g/mol. The van der Waals surface area contributed by atoms with Crippen LogP contribution in [0.1, 0.15) is 38.2 Å². The highest BCUT2D eigenvalue weighted by atomic mass is 14.9. The zero-order valence-corrected chi connectivity index (χ0v) is 10.8. The van der Waals surface area contributed by atoms with Crippen molar-refractivity contribution < 1.29 is 0 Å². The topological polar surface area (TPSA) is 38.0 Å². The summed E-state index contributed by atoms with van der Waals surface area (Å²) in [6.07, 6.45) is 6.49. The van der Waals surface area contributed by atoms with E-state index in [2.05, 4.69) is 24.4 Å². The van der Waals surface area contributed by atoms with Crippen LogP contribution in [0.4, 0.5) is 5.69 Å². The average Bonchev–Trinajstić information content (AvgIpc) is 2.73. The van der Waals surface area contributed by atoms with Gasteiger partial charge in [0.1, 0.15) is 0 Å². The molecule has 0 aromatic heterocycles. The maximum Gasteiger partial charge on any atom is 0.0314 e. The van der Waals surface area contributed by atoms with Gasteiger partial charge in [0, 0.05) is 11.7 Å². The molecule has 1 saturated carbocycles. The Morgan fingerprint density at radius 2 is 2.00 bits per heavy atom. The highest BCUT2D eigenvalue weighted by Crippen LogP contribution is 2.24. The molecule has 0 aliphatic heterocycles. The van der Waals surface area contributed by atoms with Crippen molar-refractivity contribution in [1.29, 1.82) is 0 Å². The molecule has 3 N–H and O–H groups in total. The first kappa shape index (κ1) is 12.4. The van der Waals surface area contributed by atoms with E-state index in [1.807, 2.05) is 12.1 Å². The molecule has 0 spiro atoms. The molecule has 0 saturated heterocycles. The van der Waals surface area contributed by atoms with Gasteiger partial charge < -0.3 is 11.1 Å². The lowest BCUT2D eigenvalue weighted by Crippen LogP contribution is -2.27. The number of hydrogen-bond acceptors (Lipinski definition) is 2. The van der Waals surface area contributed by atoms with Crippen molar-refractivity contribution in [3.05, 3.63) is 29.8 Å². The van der Waals surface area contributed by atoms with E-state index in [0.29, 0.717) is 0 Å².